The van der Waals surface area contributed by atoms with Gasteiger partial charge in [0.25, 0.3) is 0 Å². The van der Waals surface area contributed by atoms with E-state index < -0.39 is 6.10 Å². The van der Waals surface area contributed by atoms with Crippen LogP contribution in [0.2, 0.25) is 0 Å². The molecule has 158 valence electrons. The zero-order valence-corrected chi connectivity index (χ0v) is 17.8. The van der Waals surface area contributed by atoms with Crippen LogP contribution in [0.25, 0.3) is 0 Å². The first-order chi connectivity index (χ1) is 14.4. The Kier molecular flexibility index (Phi) is 4.77. The molecular formula is C27H31FO2. The number of aliphatic hydroxyl groups is 1. The van der Waals surface area contributed by atoms with E-state index in [1.807, 2.05) is 12.1 Å². The summed E-state index contributed by atoms with van der Waals surface area (Å²) in [6, 6.07) is 16.5. The number of benzene rings is 2. The Balaban J connectivity index is 1.67. The van der Waals surface area contributed by atoms with E-state index in [1.54, 1.807) is 12.1 Å². The Bertz CT molecular complexity index is 964. The first kappa shape index (κ1) is 19.8. The van der Waals surface area contributed by atoms with Crippen LogP contribution < -0.4 is 0 Å². The quantitative estimate of drug-likeness (QED) is 0.632. The van der Waals surface area contributed by atoms with Gasteiger partial charge in [-0.15, -0.1) is 0 Å². The number of hydrogen-bond acceptors (Lipinski definition) is 2. The smallest absolute Gasteiger partial charge is 0.115 e. The van der Waals surface area contributed by atoms with E-state index in [0.29, 0.717) is 23.5 Å². The Hall–Kier alpha value is -2.13. The Morgan fingerprint density at radius 2 is 1.90 bits per heavy atom. The maximum Gasteiger partial charge on any atom is 0.115 e. The molecule has 0 bridgehead atoms. The molecule has 2 aromatic rings. The van der Waals surface area contributed by atoms with Gasteiger partial charge >= 0.3 is 0 Å². The highest BCUT2D eigenvalue weighted by molar-refractivity contribution is 5.43. The zero-order chi connectivity index (χ0) is 21.0. The van der Waals surface area contributed by atoms with Gasteiger partial charge in [0.15, 0.2) is 0 Å². The van der Waals surface area contributed by atoms with Crippen LogP contribution in [-0.2, 0) is 6.42 Å². The minimum Gasteiger partial charge on any atom is -0.508 e. The van der Waals surface area contributed by atoms with Crippen LogP contribution in [0.1, 0.15) is 61.6 Å². The minimum atomic E-state index is -0.484. The van der Waals surface area contributed by atoms with Crippen molar-refractivity contribution in [3.63, 3.8) is 0 Å². The molecule has 0 radical (unpaired) electrons. The van der Waals surface area contributed by atoms with Crippen molar-refractivity contribution in [2.45, 2.75) is 57.5 Å². The van der Waals surface area contributed by atoms with Crippen LogP contribution >= 0.6 is 0 Å². The Morgan fingerprint density at radius 3 is 2.63 bits per heavy atom. The van der Waals surface area contributed by atoms with Crippen molar-refractivity contribution in [3.8, 4) is 5.75 Å². The van der Waals surface area contributed by atoms with Gasteiger partial charge in [-0.25, -0.2) is 4.39 Å². The van der Waals surface area contributed by atoms with Gasteiger partial charge in [-0.1, -0.05) is 43.3 Å². The van der Waals surface area contributed by atoms with Gasteiger partial charge in [0.2, 0.25) is 0 Å². The number of phenolic OH excluding ortho intramolecular Hbond substituents is 1. The van der Waals surface area contributed by atoms with E-state index in [9.17, 15) is 14.6 Å². The molecule has 2 saturated carbocycles. The molecule has 3 aliphatic carbocycles. The van der Waals surface area contributed by atoms with Crippen LogP contribution in [0.3, 0.4) is 0 Å². The number of allylic oxidation sites excluding steroid dienone is 1. The van der Waals surface area contributed by atoms with Gasteiger partial charge in [-0.2, -0.15) is 0 Å². The summed E-state index contributed by atoms with van der Waals surface area (Å²) in [5.74, 6) is 1.25. The summed E-state index contributed by atoms with van der Waals surface area (Å²) in [6.45, 7) is 3.81. The fourth-order valence-electron chi connectivity index (χ4n) is 7.29. The number of aliphatic hydroxyl groups excluding tert-OH is 1. The third-order valence-corrected chi connectivity index (χ3v) is 8.33. The molecule has 0 amide bonds. The maximum absolute atomic E-state index is 14.1. The molecule has 30 heavy (non-hydrogen) atoms. The molecule has 0 unspecified atom stereocenters. The molecule has 5 rings (SSSR count). The first-order valence-electron chi connectivity index (χ1n) is 11.3. The summed E-state index contributed by atoms with van der Waals surface area (Å²) in [5.41, 5.74) is 3.92. The molecule has 2 aromatic carbocycles. The number of aromatic hydroxyl groups is 1. The molecule has 0 aromatic heterocycles. The summed E-state index contributed by atoms with van der Waals surface area (Å²) in [6.07, 6.45) is 4.96. The Morgan fingerprint density at radius 1 is 1.13 bits per heavy atom. The topological polar surface area (TPSA) is 40.5 Å². The zero-order valence-electron chi connectivity index (χ0n) is 17.8. The second-order valence-electron chi connectivity index (χ2n) is 10.1. The van der Waals surface area contributed by atoms with Gasteiger partial charge in [0.1, 0.15) is 5.75 Å². The van der Waals surface area contributed by atoms with Gasteiger partial charge in [-0.05, 0) is 96.6 Å². The second kappa shape index (κ2) is 7.23. The van der Waals surface area contributed by atoms with Crippen molar-refractivity contribution >= 4 is 0 Å². The largest absolute Gasteiger partial charge is 0.508 e. The number of hydrogen-bond donors (Lipinski definition) is 2. The average molecular weight is 407 g/mol. The number of fused-ring (bicyclic) bond motifs is 5. The summed E-state index contributed by atoms with van der Waals surface area (Å²) < 4.78 is 14.1. The van der Waals surface area contributed by atoms with Gasteiger partial charge in [0, 0.05) is 5.92 Å². The third kappa shape index (κ3) is 3.10. The van der Waals surface area contributed by atoms with Crippen LogP contribution in [0.5, 0.6) is 5.75 Å². The van der Waals surface area contributed by atoms with Crippen LogP contribution in [0, 0.1) is 23.2 Å². The lowest BCUT2D eigenvalue weighted by Crippen LogP contribution is -2.45. The lowest BCUT2D eigenvalue weighted by atomic mass is 9.50. The summed E-state index contributed by atoms with van der Waals surface area (Å²) in [4.78, 5) is 0. The molecule has 3 heteroatoms. The van der Waals surface area contributed by atoms with Crippen molar-refractivity contribution in [1.29, 1.82) is 0 Å². The van der Waals surface area contributed by atoms with Crippen molar-refractivity contribution in [1.82, 2.24) is 0 Å². The molecule has 2 fully saturated rings. The molecule has 2 N–H and O–H groups in total. The molecule has 0 aliphatic heterocycles. The van der Waals surface area contributed by atoms with Gasteiger partial charge < -0.3 is 10.2 Å². The van der Waals surface area contributed by atoms with E-state index in [0.717, 1.165) is 25.7 Å². The molecule has 0 spiro atoms. The van der Waals surface area contributed by atoms with E-state index in [-0.39, 0.29) is 23.1 Å². The fraction of sp³-hybridized carbons (Fsp3) is 0.481. The van der Waals surface area contributed by atoms with Crippen molar-refractivity contribution in [2.75, 3.05) is 0 Å². The van der Waals surface area contributed by atoms with E-state index in [2.05, 4.69) is 37.3 Å². The monoisotopic (exact) mass is 406 g/mol. The standard InChI is InChI=1S/C27H31FO2/c1-16(28)12-23-24(30)15-27(2)11-10-21-20-9-8-19(29)13-18(20)14-22(25(21)26(23)27)17-6-4-3-5-7-17/h3-9,12-13,21-26,29-30H,10-11,14-15H2,1-2H3/t21-,22+,23-,24+,25+,26+,27-/m1/s1. The maximum atomic E-state index is 14.1. The van der Waals surface area contributed by atoms with Crippen LogP contribution in [0.15, 0.2) is 60.4 Å². The molecule has 3 aliphatic rings. The van der Waals surface area contributed by atoms with E-state index in [4.69, 9.17) is 0 Å². The molecular weight excluding hydrogens is 375 g/mol. The average Bonchev–Trinajstić information content (AvgIpc) is 2.96. The number of rotatable bonds is 2. The predicted octanol–water partition coefficient (Wildman–Crippen LogP) is 6.10. The van der Waals surface area contributed by atoms with Gasteiger partial charge in [0.05, 0.1) is 11.9 Å². The van der Waals surface area contributed by atoms with E-state index >= 15 is 0 Å². The van der Waals surface area contributed by atoms with Crippen LogP contribution in [0.4, 0.5) is 4.39 Å². The van der Waals surface area contributed by atoms with Crippen molar-refractivity contribution in [3.05, 3.63) is 77.1 Å². The summed E-state index contributed by atoms with van der Waals surface area (Å²) in [7, 11) is 0. The summed E-state index contributed by atoms with van der Waals surface area (Å²) >= 11 is 0. The normalized spacial score (nSPS) is 37.9. The third-order valence-electron chi connectivity index (χ3n) is 8.33. The van der Waals surface area contributed by atoms with Crippen LogP contribution in [-0.4, -0.2) is 16.3 Å². The van der Waals surface area contributed by atoms with E-state index in [1.165, 1.54) is 23.6 Å². The lowest BCUT2D eigenvalue weighted by Gasteiger charge is -2.53. The predicted molar refractivity (Wildman–Crippen MR) is 117 cm³/mol. The first-order valence-corrected chi connectivity index (χ1v) is 11.3. The van der Waals surface area contributed by atoms with Gasteiger partial charge in [-0.3, -0.25) is 0 Å². The Labute approximate surface area is 178 Å². The molecule has 2 nitrogen and oxygen atoms in total. The molecule has 0 saturated heterocycles. The highest BCUT2D eigenvalue weighted by Crippen LogP contribution is 2.65. The SMILES string of the molecule is CC(F)=C[C@H]1[C@H]2[C@H]3[C@H](CC[C@]2(C)C[C@@H]1O)c1ccc(O)cc1C[C@H]3c1ccccc1. The van der Waals surface area contributed by atoms with Crippen molar-refractivity contribution < 1.29 is 14.6 Å². The molecule has 0 heterocycles. The second-order valence-corrected chi connectivity index (χ2v) is 10.1. The fourth-order valence-corrected chi connectivity index (χ4v) is 7.29. The van der Waals surface area contributed by atoms with Crippen molar-refractivity contribution in [2.24, 2.45) is 23.2 Å². The summed E-state index contributed by atoms with van der Waals surface area (Å²) in [5, 5.41) is 21.1. The highest BCUT2D eigenvalue weighted by atomic mass is 19.1. The lowest BCUT2D eigenvalue weighted by molar-refractivity contribution is 0.0303. The molecule has 7 atom stereocenters. The highest BCUT2D eigenvalue weighted by Gasteiger charge is 2.59. The number of halogens is 1. The minimum absolute atomic E-state index is 0.0264. The number of phenols is 1.